The molecule has 0 radical (unpaired) electrons. The number of benzene rings is 3. The molecular formula is C27H18ClF6N7O3. The third-order valence-electron chi connectivity index (χ3n) is 6.23. The Bertz CT molecular complexity index is 1880. The number of halogens is 7. The van der Waals surface area contributed by atoms with Gasteiger partial charge < -0.3 is 10.4 Å². The van der Waals surface area contributed by atoms with Crippen LogP contribution in [0.5, 0.6) is 0 Å². The van der Waals surface area contributed by atoms with Crippen LogP contribution in [0.1, 0.15) is 16.2 Å². The van der Waals surface area contributed by atoms with E-state index in [1.54, 1.807) is 0 Å². The first-order chi connectivity index (χ1) is 20.8. The van der Waals surface area contributed by atoms with E-state index in [4.69, 9.17) is 11.6 Å². The molecule has 0 bridgehead atoms. The number of amides is 1. The van der Waals surface area contributed by atoms with Crippen LogP contribution in [0, 0.1) is 17.5 Å². The Morgan fingerprint density at radius 1 is 1.00 bits per heavy atom. The summed E-state index contributed by atoms with van der Waals surface area (Å²) in [6, 6.07) is 12.3. The molecule has 2 aromatic heterocycles. The zero-order chi connectivity index (χ0) is 31.8. The number of alkyl halides is 3. The molecule has 0 aliphatic rings. The molecule has 1 unspecified atom stereocenters. The van der Waals surface area contributed by atoms with Crippen molar-refractivity contribution in [2.45, 2.75) is 25.4 Å². The number of aliphatic hydroxyl groups excluding tert-OH is 1. The standard InChI is InChI=1S/C27H18ClF6N7O3/c28-15-7-5-14(6-8-15)24-38-40(26(44)39(24)11-21(42)27(32,33)34)12-22-35-13-41(37-22)20-4-2-1-3-17(20)25(43)36-23-18(30)9-16(29)10-19(23)31/h1-10,13,21,42H,11-12H2,(H,36,43). The number of carbonyl (C=O) groups excluding carboxylic acids is 1. The highest BCUT2D eigenvalue weighted by Crippen LogP contribution is 2.25. The smallest absolute Gasteiger partial charge is 0.382 e. The Hall–Kier alpha value is -4.96. The van der Waals surface area contributed by atoms with Crippen LogP contribution in [0.2, 0.25) is 5.02 Å². The Kier molecular flexibility index (Phi) is 8.29. The fourth-order valence-electron chi connectivity index (χ4n) is 4.13. The number of aliphatic hydroxyl groups is 1. The highest BCUT2D eigenvalue weighted by Gasteiger charge is 2.39. The van der Waals surface area contributed by atoms with Crippen LogP contribution in [-0.2, 0) is 13.1 Å². The van der Waals surface area contributed by atoms with Crippen LogP contribution >= 0.6 is 11.6 Å². The second kappa shape index (κ2) is 12.0. The fraction of sp³-hybridized carbons (Fsp3) is 0.148. The van der Waals surface area contributed by atoms with Gasteiger partial charge in [0.2, 0.25) is 0 Å². The van der Waals surface area contributed by atoms with Crippen LogP contribution in [-0.4, -0.2) is 52.4 Å². The van der Waals surface area contributed by atoms with Gasteiger partial charge in [-0.3, -0.25) is 9.36 Å². The fourth-order valence-corrected chi connectivity index (χ4v) is 4.25. The third kappa shape index (κ3) is 6.35. The van der Waals surface area contributed by atoms with Crippen molar-refractivity contribution in [3.8, 4) is 17.1 Å². The predicted molar refractivity (Wildman–Crippen MR) is 144 cm³/mol. The van der Waals surface area contributed by atoms with Crippen molar-refractivity contribution >= 4 is 23.2 Å². The zero-order valence-electron chi connectivity index (χ0n) is 21.9. The highest BCUT2D eigenvalue weighted by molar-refractivity contribution is 6.30. The Balaban J connectivity index is 1.45. The van der Waals surface area contributed by atoms with Gasteiger partial charge in [0.1, 0.15) is 24.4 Å². The molecule has 2 N–H and O–H groups in total. The molecule has 2 heterocycles. The van der Waals surface area contributed by atoms with E-state index < -0.39 is 60.1 Å². The van der Waals surface area contributed by atoms with Gasteiger partial charge in [-0.15, -0.1) is 10.2 Å². The summed E-state index contributed by atoms with van der Waals surface area (Å²) in [6.07, 6.45) is -6.70. The number of rotatable bonds is 8. The van der Waals surface area contributed by atoms with E-state index in [1.807, 2.05) is 0 Å². The van der Waals surface area contributed by atoms with E-state index in [1.165, 1.54) is 48.5 Å². The summed E-state index contributed by atoms with van der Waals surface area (Å²) in [5.74, 6) is -5.04. The van der Waals surface area contributed by atoms with Crippen molar-refractivity contribution in [1.29, 1.82) is 0 Å². The molecule has 5 aromatic rings. The molecule has 0 aliphatic carbocycles. The number of carbonyl (C=O) groups is 1. The summed E-state index contributed by atoms with van der Waals surface area (Å²) in [5.41, 5.74) is -1.64. The molecule has 0 saturated heterocycles. The number of hydrogen-bond donors (Lipinski definition) is 2. The molecule has 228 valence electrons. The van der Waals surface area contributed by atoms with Gasteiger partial charge in [0.05, 0.1) is 17.8 Å². The third-order valence-corrected chi connectivity index (χ3v) is 6.48. The first kappa shape index (κ1) is 30.5. The van der Waals surface area contributed by atoms with Gasteiger partial charge in [-0.2, -0.15) is 13.2 Å². The van der Waals surface area contributed by atoms with E-state index in [0.29, 0.717) is 21.7 Å². The minimum Gasteiger partial charge on any atom is -0.382 e. The van der Waals surface area contributed by atoms with Gasteiger partial charge in [-0.1, -0.05) is 23.7 Å². The lowest BCUT2D eigenvalue weighted by Crippen LogP contribution is -2.37. The average Bonchev–Trinajstić information content (AvgIpc) is 3.55. The Morgan fingerprint density at radius 3 is 2.32 bits per heavy atom. The predicted octanol–water partition coefficient (Wildman–Crippen LogP) is 4.59. The first-order valence-corrected chi connectivity index (χ1v) is 12.8. The molecule has 1 amide bonds. The van der Waals surface area contributed by atoms with Crippen molar-refractivity contribution in [2.75, 3.05) is 5.32 Å². The SMILES string of the molecule is O=C(Nc1c(F)cc(F)cc1F)c1ccccc1-n1cnc(Cn2nc(-c3ccc(Cl)cc3)n(CC(O)C(F)(F)F)c2=O)n1. The van der Waals surface area contributed by atoms with E-state index >= 15 is 0 Å². The number of hydrogen-bond acceptors (Lipinski definition) is 6. The topological polar surface area (TPSA) is 120 Å². The normalized spacial score (nSPS) is 12.4. The summed E-state index contributed by atoms with van der Waals surface area (Å²) in [6.45, 7) is -1.57. The molecule has 0 fully saturated rings. The maximum absolute atomic E-state index is 14.1. The molecule has 10 nitrogen and oxygen atoms in total. The molecular weight excluding hydrogens is 620 g/mol. The van der Waals surface area contributed by atoms with Crippen LogP contribution in [0.25, 0.3) is 17.1 Å². The van der Waals surface area contributed by atoms with Crippen molar-refractivity contribution in [3.63, 3.8) is 0 Å². The summed E-state index contributed by atoms with van der Waals surface area (Å²) >= 11 is 5.90. The maximum atomic E-state index is 14.1. The van der Waals surface area contributed by atoms with Gasteiger partial charge in [0.25, 0.3) is 5.91 Å². The molecule has 0 saturated carbocycles. The van der Waals surface area contributed by atoms with Crippen LogP contribution in [0.3, 0.4) is 0 Å². The van der Waals surface area contributed by atoms with E-state index in [2.05, 4.69) is 20.5 Å². The van der Waals surface area contributed by atoms with Crippen molar-refractivity contribution < 1.29 is 36.2 Å². The molecule has 3 aromatic carbocycles. The van der Waals surface area contributed by atoms with E-state index in [-0.39, 0.29) is 28.5 Å². The lowest BCUT2D eigenvalue weighted by Gasteiger charge is -2.15. The van der Waals surface area contributed by atoms with Crippen molar-refractivity contribution in [1.82, 2.24) is 29.1 Å². The second-order valence-corrected chi connectivity index (χ2v) is 9.70. The average molecular weight is 638 g/mol. The molecule has 1 atom stereocenters. The number of para-hydroxylation sites is 1. The molecule has 5 rings (SSSR count). The molecule has 17 heteroatoms. The summed E-state index contributed by atoms with van der Waals surface area (Å²) in [7, 11) is 0. The van der Waals surface area contributed by atoms with E-state index in [9.17, 15) is 41.0 Å². The lowest BCUT2D eigenvalue weighted by molar-refractivity contribution is -0.207. The minimum absolute atomic E-state index is 0.0541. The van der Waals surface area contributed by atoms with Gasteiger partial charge in [0, 0.05) is 22.7 Å². The second-order valence-electron chi connectivity index (χ2n) is 9.26. The minimum atomic E-state index is -5.01. The maximum Gasteiger partial charge on any atom is 0.416 e. The van der Waals surface area contributed by atoms with Crippen LogP contribution in [0.15, 0.2) is 71.8 Å². The molecule has 44 heavy (non-hydrogen) atoms. The van der Waals surface area contributed by atoms with Gasteiger partial charge in [-0.05, 0) is 36.4 Å². The number of nitrogens with zero attached hydrogens (tertiary/aromatic N) is 6. The first-order valence-electron chi connectivity index (χ1n) is 12.5. The Labute approximate surface area is 247 Å². The largest absolute Gasteiger partial charge is 0.416 e. The van der Waals surface area contributed by atoms with Crippen LogP contribution < -0.4 is 11.0 Å². The summed E-state index contributed by atoms with van der Waals surface area (Å²) < 4.78 is 83.4. The number of anilines is 1. The lowest BCUT2D eigenvalue weighted by atomic mass is 10.1. The van der Waals surface area contributed by atoms with Gasteiger partial charge in [-0.25, -0.2) is 32.3 Å². The zero-order valence-corrected chi connectivity index (χ0v) is 22.7. The van der Waals surface area contributed by atoms with Gasteiger partial charge >= 0.3 is 11.9 Å². The van der Waals surface area contributed by atoms with Crippen molar-refractivity contribution in [2.24, 2.45) is 0 Å². The Morgan fingerprint density at radius 2 is 1.66 bits per heavy atom. The van der Waals surface area contributed by atoms with Gasteiger partial charge in [0.15, 0.2) is 29.4 Å². The van der Waals surface area contributed by atoms with Crippen LogP contribution in [0.4, 0.5) is 32.0 Å². The van der Waals surface area contributed by atoms with E-state index in [0.717, 1.165) is 15.7 Å². The monoisotopic (exact) mass is 637 g/mol. The highest BCUT2D eigenvalue weighted by atomic mass is 35.5. The molecule has 0 aliphatic heterocycles. The summed E-state index contributed by atoms with van der Waals surface area (Å²) in [5, 5.41) is 20.4. The van der Waals surface area contributed by atoms with Crippen molar-refractivity contribution in [3.05, 3.63) is 111 Å². The number of aromatic nitrogens is 6. The molecule has 0 spiro atoms. The quantitative estimate of drug-likeness (QED) is 0.240. The number of nitrogens with one attached hydrogen (secondary N) is 1. The summed E-state index contributed by atoms with van der Waals surface area (Å²) in [4.78, 5) is 30.1.